The van der Waals surface area contributed by atoms with Crippen LogP contribution in [0.3, 0.4) is 0 Å². The van der Waals surface area contributed by atoms with Crippen LogP contribution in [0, 0.1) is 0 Å². The average Bonchev–Trinajstić information content (AvgIpc) is 3.18. The van der Waals surface area contributed by atoms with Gasteiger partial charge in [0.1, 0.15) is 11.4 Å². The quantitative estimate of drug-likeness (QED) is 0.377. The van der Waals surface area contributed by atoms with Crippen LogP contribution in [0.4, 0.5) is 5.69 Å². The van der Waals surface area contributed by atoms with Crippen molar-refractivity contribution in [1.82, 2.24) is 9.55 Å². The summed E-state index contributed by atoms with van der Waals surface area (Å²) in [6, 6.07) is 13.1. The number of carbonyl (C=O) groups is 1. The molecule has 0 spiro atoms. The van der Waals surface area contributed by atoms with E-state index in [-0.39, 0.29) is 17.1 Å². The van der Waals surface area contributed by atoms with Crippen LogP contribution in [-0.2, 0) is 11.3 Å². The molecule has 158 valence electrons. The van der Waals surface area contributed by atoms with Gasteiger partial charge >= 0.3 is 0 Å². The van der Waals surface area contributed by atoms with Gasteiger partial charge in [0, 0.05) is 10.9 Å². The summed E-state index contributed by atoms with van der Waals surface area (Å²) in [4.78, 5) is 30.7. The minimum Gasteiger partial charge on any atom is -0.323 e. The van der Waals surface area contributed by atoms with Crippen molar-refractivity contribution >= 4 is 56.3 Å². The van der Waals surface area contributed by atoms with E-state index in [0.29, 0.717) is 26.8 Å². The highest BCUT2D eigenvalue weighted by Gasteiger charge is 2.16. The second-order valence-corrected chi connectivity index (χ2v) is 9.08. The van der Waals surface area contributed by atoms with Crippen molar-refractivity contribution < 1.29 is 4.79 Å². The van der Waals surface area contributed by atoms with Gasteiger partial charge in [-0.05, 0) is 29.2 Å². The summed E-state index contributed by atoms with van der Waals surface area (Å²) >= 11 is 13.5. The number of hydrogen-bond donors (Lipinski definition) is 1. The SMILES string of the molecule is CC(C)c1ccc(-c2csc3ncn(CC(=O)Nc4cccc(Cl)c4Cl)c(=O)c23)cc1. The van der Waals surface area contributed by atoms with Crippen molar-refractivity contribution in [3.05, 3.63) is 80.1 Å². The number of amides is 1. The van der Waals surface area contributed by atoms with E-state index in [1.165, 1.54) is 27.8 Å². The zero-order valence-corrected chi connectivity index (χ0v) is 19.2. The van der Waals surface area contributed by atoms with Gasteiger partial charge in [-0.25, -0.2) is 4.98 Å². The van der Waals surface area contributed by atoms with Gasteiger partial charge in [0.05, 0.1) is 27.4 Å². The molecule has 0 saturated carbocycles. The molecule has 1 amide bonds. The molecule has 0 aliphatic heterocycles. The van der Waals surface area contributed by atoms with E-state index in [2.05, 4.69) is 36.3 Å². The van der Waals surface area contributed by atoms with Gasteiger partial charge in [0.2, 0.25) is 5.91 Å². The molecule has 0 fully saturated rings. The monoisotopic (exact) mass is 471 g/mol. The van der Waals surface area contributed by atoms with Crippen molar-refractivity contribution in [3.8, 4) is 11.1 Å². The van der Waals surface area contributed by atoms with E-state index in [1.807, 2.05) is 17.5 Å². The van der Waals surface area contributed by atoms with Crippen LogP contribution < -0.4 is 10.9 Å². The zero-order chi connectivity index (χ0) is 22.1. The number of halogens is 2. The highest BCUT2D eigenvalue weighted by atomic mass is 35.5. The third-order valence-corrected chi connectivity index (χ3v) is 6.69. The number of thiophene rings is 1. The first kappa shape index (κ1) is 21.6. The molecule has 5 nitrogen and oxygen atoms in total. The largest absolute Gasteiger partial charge is 0.323 e. The van der Waals surface area contributed by atoms with Gasteiger partial charge in [-0.15, -0.1) is 11.3 Å². The first-order valence-corrected chi connectivity index (χ1v) is 11.3. The highest BCUT2D eigenvalue weighted by molar-refractivity contribution is 7.17. The molecule has 2 aromatic carbocycles. The number of rotatable bonds is 5. The summed E-state index contributed by atoms with van der Waals surface area (Å²) in [5.41, 5.74) is 3.13. The number of benzene rings is 2. The fourth-order valence-corrected chi connectivity index (χ4v) is 4.54. The van der Waals surface area contributed by atoms with E-state index < -0.39 is 5.91 Å². The Bertz CT molecular complexity index is 1330. The fourth-order valence-electron chi connectivity index (χ4n) is 3.28. The third kappa shape index (κ3) is 4.37. The van der Waals surface area contributed by atoms with E-state index in [1.54, 1.807) is 18.2 Å². The highest BCUT2D eigenvalue weighted by Crippen LogP contribution is 2.32. The number of fused-ring (bicyclic) bond motifs is 1. The van der Waals surface area contributed by atoms with Crippen molar-refractivity contribution in [2.45, 2.75) is 26.3 Å². The van der Waals surface area contributed by atoms with Gasteiger partial charge < -0.3 is 5.32 Å². The smallest absolute Gasteiger partial charge is 0.263 e. The summed E-state index contributed by atoms with van der Waals surface area (Å²) in [7, 11) is 0. The second kappa shape index (κ2) is 8.83. The Morgan fingerprint density at radius 3 is 2.61 bits per heavy atom. The molecule has 31 heavy (non-hydrogen) atoms. The summed E-state index contributed by atoms with van der Waals surface area (Å²) in [6.45, 7) is 4.09. The lowest BCUT2D eigenvalue weighted by atomic mass is 9.99. The molecular formula is C23H19Cl2N3O2S. The number of nitrogens with one attached hydrogen (secondary N) is 1. The zero-order valence-electron chi connectivity index (χ0n) is 16.9. The molecule has 0 unspecified atom stereocenters. The van der Waals surface area contributed by atoms with Crippen molar-refractivity contribution in [3.63, 3.8) is 0 Å². The molecule has 0 bridgehead atoms. The number of nitrogens with zero attached hydrogens (tertiary/aromatic N) is 2. The molecule has 2 aromatic heterocycles. The molecule has 1 N–H and O–H groups in total. The van der Waals surface area contributed by atoms with Crippen LogP contribution in [0.2, 0.25) is 10.0 Å². The van der Waals surface area contributed by atoms with Gasteiger partial charge in [-0.3, -0.25) is 14.2 Å². The first-order chi connectivity index (χ1) is 14.8. The molecule has 0 aliphatic rings. The summed E-state index contributed by atoms with van der Waals surface area (Å²) in [6.07, 6.45) is 1.39. The van der Waals surface area contributed by atoms with Crippen molar-refractivity contribution in [2.24, 2.45) is 0 Å². The number of carbonyl (C=O) groups excluding carboxylic acids is 1. The Morgan fingerprint density at radius 1 is 1.16 bits per heavy atom. The number of hydrogen-bond acceptors (Lipinski definition) is 4. The molecule has 8 heteroatoms. The minimum atomic E-state index is -0.398. The van der Waals surface area contributed by atoms with Crippen LogP contribution in [0.15, 0.2) is 59.0 Å². The van der Waals surface area contributed by atoms with E-state index in [0.717, 1.165) is 11.1 Å². The Labute approximate surface area is 193 Å². The first-order valence-electron chi connectivity index (χ1n) is 9.66. The van der Waals surface area contributed by atoms with E-state index in [4.69, 9.17) is 23.2 Å². The van der Waals surface area contributed by atoms with Crippen LogP contribution in [-0.4, -0.2) is 15.5 Å². The molecule has 4 aromatic rings. The molecular weight excluding hydrogens is 453 g/mol. The Kier molecular flexibility index (Phi) is 6.14. The maximum absolute atomic E-state index is 13.2. The molecule has 0 atom stereocenters. The van der Waals surface area contributed by atoms with Crippen LogP contribution >= 0.6 is 34.5 Å². The maximum Gasteiger partial charge on any atom is 0.263 e. The number of aromatic nitrogens is 2. The number of anilines is 1. The standard InChI is InChI=1S/C23H19Cl2N3O2S/c1-13(2)14-6-8-15(9-7-14)16-11-31-22-20(16)23(30)28(12-26-22)10-19(29)27-18-5-3-4-17(24)21(18)25/h3-9,11-13H,10H2,1-2H3,(H,27,29). The lowest BCUT2D eigenvalue weighted by molar-refractivity contribution is -0.116. The Balaban J connectivity index is 1.65. The second-order valence-electron chi connectivity index (χ2n) is 7.43. The van der Waals surface area contributed by atoms with Gasteiger partial charge in [-0.1, -0.05) is 67.4 Å². The predicted octanol–water partition coefficient (Wildman–Crippen LogP) is 6.19. The average molecular weight is 472 g/mol. The Hall–Kier alpha value is -2.67. The summed E-state index contributed by atoms with van der Waals surface area (Å²) in [5, 5.41) is 5.73. The predicted molar refractivity (Wildman–Crippen MR) is 128 cm³/mol. The van der Waals surface area contributed by atoms with E-state index in [9.17, 15) is 9.59 Å². The molecule has 0 radical (unpaired) electrons. The van der Waals surface area contributed by atoms with Crippen LogP contribution in [0.25, 0.3) is 21.3 Å². The van der Waals surface area contributed by atoms with Gasteiger partial charge in [0.15, 0.2) is 0 Å². The van der Waals surface area contributed by atoms with Crippen LogP contribution in [0.5, 0.6) is 0 Å². The van der Waals surface area contributed by atoms with Crippen molar-refractivity contribution in [1.29, 1.82) is 0 Å². The fraction of sp³-hybridized carbons (Fsp3) is 0.174. The normalized spacial score (nSPS) is 11.3. The Morgan fingerprint density at radius 2 is 1.90 bits per heavy atom. The van der Waals surface area contributed by atoms with E-state index >= 15 is 0 Å². The minimum absolute atomic E-state index is 0.188. The third-order valence-electron chi connectivity index (χ3n) is 4.99. The van der Waals surface area contributed by atoms with Crippen molar-refractivity contribution in [2.75, 3.05) is 5.32 Å². The van der Waals surface area contributed by atoms with Gasteiger partial charge in [-0.2, -0.15) is 0 Å². The van der Waals surface area contributed by atoms with Gasteiger partial charge in [0.25, 0.3) is 5.56 Å². The molecule has 4 rings (SSSR count). The lowest BCUT2D eigenvalue weighted by Gasteiger charge is -2.10. The molecule has 2 heterocycles. The maximum atomic E-state index is 13.2. The van der Waals surface area contributed by atoms with Crippen LogP contribution in [0.1, 0.15) is 25.3 Å². The molecule has 0 aliphatic carbocycles. The lowest BCUT2D eigenvalue weighted by Crippen LogP contribution is -2.27. The topological polar surface area (TPSA) is 64.0 Å². The summed E-state index contributed by atoms with van der Waals surface area (Å²) in [5.74, 6) is 0.0316. The summed E-state index contributed by atoms with van der Waals surface area (Å²) < 4.78 is 1.30. The molecule has 0 saturated heterocycles.